The van der Waals surface area contributed by atoms with E-state index in [2.05, 4.69) is 15.3 Å². The van der Waals surface area contributed by atoms with Gasteiger partial charge in [0.2, 0.25) is 0 Å². The summed E-state index contributed by atoms with van der Waals surface area (Å²) in [6.07, 6.45) is -0.981. The van der Waals surface area contributed by atoms with Gasteiger partial charge in [-0.05, 0) is 73.7 Å². The average molecular weight is 450 g/mol. The number of amides is 1. The van der Waals surface area contributed by atoms with Gasteiger partial charge in [-0.25, -0.2) is 9.78 Å². The molecule has 1 heterocycles. The third-order valence-corrected chi connectivity index (χ3v) is 5.10. The van der Waals surface area contributed by atoms with Gasteiger partial charge < -0.3 is 19.8 Å². The molecule has 0 aliphatic rings. The number of esters is 1. The molecule has 1 atom stereocenters. The summed E-state index contributed by atoms with van der Waals surface area (Å²) in [6.45, 7) is 1.51. The van der Waals surface area contributed by atoms with Crippen LogP contribution >= 0.6 is 11.6 Å². The molecule has 2 N–H and O–H groups in total. The summed E-state index contributed by atoms with van der Waals surface area (Å²) in [5, 5.41) is 3.25. The summed E-state index contributed by atoms with van der Waals surface area (Å²) >= 11 is 5.84. The van der Waals surface area contributed by atoms with E-state index in [9.17, 15) is 9.59 Å². The van der Waals surface area contributed by atoms with Gasteiger partial charge in [-0.15, -0.1) is 0 Å². The molecule has 1 aromatic heterocycles. The number of fused-ring (bicyclic) bond motifs is 1. The number of anilines is 1. The molecule has 162 valence electrons. The fourth-order valence-corrected chi connectivity index (χ4v) is 3.21. The standard InChI is InChI=1S/C24H20ClN3O4/c1-14(23(29)26-18-8-6-17(25)7-9-18)32-24(30)16-5-12-20-21(13-16)28-22(27-20)15-3-10-19(31-2)11-4-15/h3-14H,1-2H3,(H,26,29)(H,27,28). The quantitative estimate of drug-likeness (QED) is 0.400. The second-order valence-electron chi connectivity index (χ2n) is 7.09. The molecule has 1 unspecified atom stereocenters. The molecule has 32 heavy (non-hydrogen) atoms. The molecule has 4 aromatic rings. The molecule has 8 heteroatoms. The number of aromatic nitrogens is 2. The number of methoxy groups -OCH3 is 1. The third kappa shape index (κ3) is 4.73. The number of imidazole rings is 1. The number of halogens is 1. The van der Waals surface area contributed by atoms with E-state index in [0.29, 0.717) is 33.1 Å². The van der Waals surface area contributed by atoms with E-state index < -0.39 is 18.0 Å². The number of hydrogen-bond acceptors (Lipinski definition) is 5. The van der Waals surface area contributed by atoms with E-state index in [4.69, 9.17) is 21.1 Å². The Morgan fingerprint density at radius 1 is 1.03 bits per heavy atom. The van der Waals surface area contributed by atoms with Crippen molar-refractivity contribution in [1.29, 1.82) is 0 Å². The summed E-state index contributed by atoms with van der Waals surface area (Å²) < 4.78 is 10.5. The van der Waals surface area contributed by atoms with Crippen LogP contribution < -0.4 is 10.1 Å². The summed E-state index contributed by atoms with van der Waals surface area (Å²) in [7, 11) is 1.61. The van der Waals surface area contributed by atoms with Crippen LogP contribution in [0.15, 0.2) is 66.7 Å². The minimum Gasteiger partial charge on any atom is -0.497 e. The van der Waals surface area contributed by atoms with E-state index in [1.165, 1.54) is 6.92 Å². The van der Waals surface area contributed by atoms with Crippen molar-refractivity contribution in [2.45, 2.75) is 13.0 Å². The van der Waals surface area contributed by atoms with Gasteiger partial charge in [0.15, 0.2) is 6.10 Å². The van der Waals surface area contributed by atoms with Crippen molar-refractivity contribution in [3.05, 3.63) is 77.3 Å². The molecule has 0 bridgehead atoms. The van der Waals surface area contributed by atoms with Gasteiger partial charge in [0.1, 0.15) is 11.6 Å². The SMILES string of the molecule is COc1ccc(-c2nc3ccc(C(=O)OC(C)C(=O)Nc4ccc(Cl)cc4)cc3[nH]2)cc1. The Morgan fingerprint density at radius 2 is 1.75 bits per heavy atom. The first kappa shape index (κ1) is 21.4. The highest BCUT2D eigenvalue weighted by Crippen LogP contribution is 2.24. The first-order chi connectivity index (χ1) is 15.4. The molecular weight excluding hydrogens is 430 g/mol. The highest BCUT2D eigenvalue weighted by Gasteiger charge is 2.20. The van der Waals surface area contributed by atoms with Gasteiger partial charge in [-0.2, -0.15) is 0 Å². The maximum absolute atomic E-state index is 12.6. The molecule has 0 saturated carbocycles. The van der Waals surface area contributed by atoms with E-state index in [0.717, 1.165) is 11.3 Å². The molecule has 0 fully saturated rings. The van der Waals surface area contributed by atoms with Crippen molar-refractivity contribution in [3.8, 4) is 17.1 Å². The van der Waals surface area contributed by atoms with Crippen LogP contribution in [0.5, 0.6) is 5.75 Å². The summed E-state index contributed by atoms with van der Waals surface area (Å²) in [6, 6.07) is 19.1. The van der Waals surface area contributed by atoms with E-state index >= 15 is 0 Å². The Balaban J connectivity index is 1.45. The van der Waals surface area contributed by atoms with Gasteiger partial charge in [-0.3, -0.25) is 4.79 Å². The molecule has 0 aliphatic carbocycles. The fraction of sp³-hybridized carbons (Fsp3) is 0.125. The number of nitrogens with zero attached hydrogens (tertiary/aromatic N) is 1. The summed E-state index contributed by atoms with van der Waals surface area (Å²) in [5.74, 6) is 0.379. The van der Waals surface area contributed by atoms with Gasteiger partial charge in [-0.1, -0.05) is 11.6 Å². The monoisotopic (exact) mass is 449 g/mol. The Bertz CT molecular complexity index is 1270. The number of rotatable bonds is 6. The van der Waals surface area contributed by atoms with Crippen LogP contribution in [0.2, 0.25) is 5.02 Å². The number of hydrogen-bond donors (Lipinski definition) is 2. The van der Waals surface area contributed by atoms with E-state index in [1.807, 2.05) is 24.3 Å². The Hall–Kier alpha value is -3.84. The Labute approximate surface area is 189 Å². The van der Waals surface area contributed by atoms with E-state index in [1.54, 1.807) is 49.6 Å². The van der Waals surface area contributed by atoms with E-state index in [-0.39, 0.29) is 0 Å². The predicted octanol–water partition coefficient (Wildman–Crippen LogP) is 5.08. The van der Waals surface area contributed by atoms with Gasteiger partial charge >= 0.3 is 5.97 Å². The zero-order valence-electron chi connectivity index (χ0n) is 17.4. The number of nitrogens with one attached hydrogen (secondary N) is 2. The van der Waals surface area contributed by atoms with Crippen molar-refractivity contribution in [2.24, 2.45) is 0 Å². The van der Waals surface area contributed by atoms with Crippen LogP contribution in [-0.4, -0.2) is 35.1 Å². The second kappa shape index (κ2) is 9.11. The lowest BCUT2D eigenvalue weighted by Crippen LogP contribution is -2.30. The molecule has 7 nitrogen and oxygen atoms in total. The van der Waals surface area contributed by atoms with Gasteiger partial charge in [0, 0.05) is 16.3 Å². The first-order valence-corrected chi connectivity index (χ1v) is 10.2. The number of H-pyrrole nitrogens is 1. The fourth-order valence-electron chi connectivity index (χ4n) is 3.08. The number of carbonyl (C=O) groups is 2. The van der Waals surface area contributed by atoms with Crippen LogP contribution in [0.25, 0.3) is 22.4 Å². The lowest BCUT2D eigenvalue weighted by atomic mass is 10.2. The highest BCUT2D eigenvalue weighted by atomic mass is 35.5. The Kier molecular flexibility index (Phi) is 6.09. The zero-order valence-corrected chi connectivity index (χ0v) is 18.1. The van der Waals surface area contributed by atoms with Crippen molar-refractivity contribution < 1.29 is 19.1 Å². The van der Waals surface area contributed by atoms with Crippen molar-refractivity contribution in [3.63, 3.8) is 0 Å². The summed E-state index contributed by atoms with van der Waals surface area (Å²) in [4.78, 5) is 32.7. The third-order valence-electron chi connectivity index (χ3n) is 4.85. The van der Waals surface area contributed by atoms with Crippen molar-refractivity contribution in [2.75, 3.05) is 12.4 Å². The zero-order chi connectivity index (χ0) is 22.7. The minimum absolute atomic E-state index is 0.313. The van der Waals surface area contributed by atoms with Crippen LogP contribution in [0.4, 0.5) is 5.69 Å². The number of ether oxygens (including phenoxy) is 2. The predicted molar refractivity (Wildman–Crippen MR) is 123 cm³/mol. The molecule has 0 saturated heterocycles. The molecular formula is C24H20ClN3O4. The first-order valence-electron chi connectivity index (χ1n) is 9.84. The molecule has 0 spiro atoms. The number of carbonyl (C=O) groups excluding carboxylic acids is 2. The maximum atomic E-state index is 12.6. The van der Waals surface area contributed by atoms with Crippen LogP contribution in [0, 0.1) is 0 Å². The Morgan fingerprint density at radius 3 is 2.44 bits per heavy atom. The number of benzene rings is 3. The van der Waals surface area contributed by atoms with Crippen molar-refractivity contribution in [1.82, 2.24) is 9.97 Å². The normalized spacial score (nSPS) is 11.7. The summed E-state index contributed by atoms with van der Waals surface area (Å²) in [5.41, 5.74) is 3.16. The molecule has 1 amide bonds. The molecule has 0 aliphatic heterocycles. The van der Waals surface area contributed by atoms with Crippen molar-refractivity contribution >= 4 is 40.2 Å². The average Bonchev–Trinajstić information content (AvgIpc) is 3.24. The van der Waals surface area contributed by atoms with Crippen LogP contribution in [-0.2, 0) is 9.53 Å². The lowest BCUT2D eigenvalue weighted by molar-refractivity contribution is -0.123. The number of aromatic amines is 1. The van der Waals surface area contributed by atoms with Crippen LogP contribution in [0.1, 0.15) is 17.3 Å². The lowest BCUT2D eigenvalue weighted by Gasteiger charge is -2.13. The van der Waals surface area contributed by atoms with Gasteiger partial charge in [0.25, 0.3) is 5.91 Å². The highest BCUT2D eigenvalue weighted by molar-refractivity contribution is 6.30. The molecule has 0 radical (unpaired) electrons. The molecule has 4 rings (SSSR count). The molecule has 3 aromatic carbocycles. The second-order valence-corrected chi connectivity index (χ2v) is 7.53. The smallest absolute Gasteiger partial charge is 0.338 e. The van der Waals surface area contributed by atoms with Crippen LogP contribution in [0.3, 0.4) is 0 Å². The minimum atomic E-state index is -0.981. The maximum Gasteiger partial charge on any atom is 0.338 e. The topological polar surface area (TPSA) is 93.3 Å². The largest absolute Gasteiger partial charge is 0.497 e. The van der Waals surface area contributed by atoms with Gasteiger partial charge in [0.05, 0.1) is 23.7 Å².